The lowest BCUT2D eigenvalue weighted by Crippen LogP contribution is -2.27. The summed E-state index contributed by atoms with van der Waals surface area (Å²) in [6.07, 6.45) is 0. The molecule has 6 heteroatoms. The number of halogens is 1. The molecule has 0 aliphatic carbocycles. The minimum Gasteiger partial charge on any atom is -0.483 e. The third-order valence-corrected chi connectivity index (χ3v) is 3.42. The van der Waals surface area contributed by atoms with E-state index in [2.05, 4.69) is 0 Å². The molecule has 2 amide bonds. The quantitative estimate of drug-likeness (QED) is 0.883. The summed E-state index contributed by atoms with van der Waals surface area (Å²) < 4.78 is 5.30. The Bertz CT molecular complexity index is 701. The Morgan fingerprint density at radius 1 is 1.13 bits per heavy atom. The van der Waals surface area contributed by atoms with Gasteiger partial charge in [-0.15, -0.1) is 0 Å². The molecule has 0 unspecified atom stereocenters. The number of carbonyl (C=O) groups is 2. The van der Waals surface area contributed by atoms with Crippen LogP contribution in [0.4, 0.5) is 0 Å². The van der Waals surface area contributed by atoms with Crippen molar-refractivity contribution in [1.29, 1.82) is 0 Å². The van der Waals surface area contributed by atoms with Crippen molar-refractivity contribution >= 4 is 23.4 Å². The second-order valence-corrected chi connectivity index (χ2v) is 5.48. The first-order valence-corrected chi connectivity index (χ1v) is 7.35. The molecule has 0 radical (unpaired) electrons. The van der Waals surface area contributed by atoms with Gasteiger partial charge in [0.25, 0.3) is 11.8 Å². The number of ether oxygens (including phenoxy) is 1. The Morgan fingerprint density at radius 3 is 2.43 bits per heavy atom. The van der Waals surface area contributed by atoms with Crippen molar-refractivity contribution in [3.05, 3.63) is 64.7 Å². The molecule has 23 heavy (non-hydrogen) atoms. The van der Waals surface area contributed by atoms with Gasteiger partial charge in [-0.05, 0) is 29.8 Å². The Hall–Kier alpha value is -2.53. The highest BCUT2D eigenvalue weighted by atomic mass is 35.5. The number of primary amides is 1. The first-order valence-electron chi connectivity index (χ1n) is 6.97. The van der Waals surface area contributed by atoms with E-state index in [1.54, 1.807) is 48.3 Å². The van der Waals surface area contributed by atoms with Crippen molar-refractivity contribution in [2.75, 3.05) is 13.7 Å². The molecule has 0 heterocycles. The van der Waals surface area contributed by atoms with Crippen LogP contribution in [-0.4, -0.2) is 30.4 Å². The van der Waals surface area contributed by atoms with Crippen LogP contribution in [0.5, 0.6) is 5.75 Å². The summed E-state index contributed by atoms with van der Waals surface area (Å²) in [6.45, 7) is 0.158. The van der Waals surface area contributed by atoms with E-state index < -0.39 is 5.91 Å². The summed E-state index contributed by atoms with van der Waals surface area (Å²) >= 11 is 5.85. The smallest absolute Gasteiger partial charge is 0.257 e. The van der Waals surface area contributed by atoms with E-state index in [0.29, 0.717) is 22.9 Å². The van der Waals surface area contributed by atoms with Crippen LogP contribution in [0.2, 0.25) is 5.02 Å². The van der Waals surface area contributed by atoms with E-state index in [1.165, 1.54) is 0 Å². The second kappa shape index (κ2) is 7.65. The molecule has 120 valence electrons. The molecule has 0 aliphatic rings. The number of benzene rings is 2. The average molecular weight is 333 g/mol. The van der Waals surface area contributed by atoms with Crippen LogP contribution in [0.25, 0.3) is 0 Å². The second-order valence-electron chi connectivity index (χ2n) is 5.04. The molecule has 0 bridgehead atoms. The largest absolute Gasteiger partial charge is 0.483 e. The Morgan fingerprint density at radius 2 is 1.78 bits per heavy atom. The maximum atomic E-state index is 12.6. The molecule has 0 fully saturated rings. The van der Waals surface area contributed by atoms with Gasteiger partial charge in [0, 0.05) is 18.6 Å². The van der Waals surface area contributed by atoms with E-state index in [0.717, 1.165) is 5.56 Å². The Kier molecular flexibility index (Phi) is 5.60. The monoisotopic (exact) mass is 332 g/mol. The number of hydrogen-bond acceptors (Lipinski definition) is 3. The summed E-state index contributed by atoms with van der Waals surface area (Å²) in [5.74, 6) is -0.471. The van der Waals surface area contributed by atoms with Gasteiger partial charge in [-0.3, -0.25) is 9.59 Å². The highest BCUT2D eigenvalue weighted by molar-refractivity contribution is 6.30. The molecular formula is C17H17ClN2O3. The van der Waals surface area contributed by atoms with E-state index in [9.17, 15) is 9.59 Å². The summed E-state index contributed by atoms with van der Waals surface area (Å²) in [7, 11) is 1.70. The van der Waals surface area contributed by atoms with Crippen LogP contribution in [0.1, 0.15) is 15.9 Å². The molecule has 2 rings (SSSR count). The molecule has 2 N–H and O–H groups in total. The molecule has 2 aromatic rings. The molecule has 0 saturated heterocycles. The van der Waals surface area contributed by atoms with Gasteiger partial charge in [0.1, 0.15) is 5.75 Å². The normalized spacial score (nSPS) is 10.2. The third-order valence-electron chi connectivity index (χ3n) is 3.17. The van der Waals surface area contributed by atoms with Gasteiger partial charge in [-0.25, -0.2) is 0 Å². The van der Waals surface area contributed by atoms with Crippen molar-refractivity contribution < 1.29 is 14.3 Å². The topological polar surface area (TPSA) is 72.6 Å². The average Bonchev–Trinajstić information content (AvgIpc) is 2.54. The summed E-state index contributed by atoms with van der Waals surface area (Å²) in [4.78, 5) is 25.0. The summed E-state index contributed by atoms with van der Waals surface area (Å²) in [5.41, 5.74) is 6.41. The highest BCUT2D eigenvalue weighted by Crippen LogP contribution is 2.20. The molecule has 2 aromatic carbocycles. The zero-order valence-corrected chi connectivity index (χ0v) is 13.4. The van der Waals surface area contributed by atoms with Gasteiger partial charge in [0.05, 0.1) is 5.56 Å². The molecule has 0 aliphatic heterocycles. The van der Waals surface area contributed by atoms with Gasteiger partial charge in [0.15, 0.2) is 6.61 Å². The fourth-order valence-corrected chi connectivity index (χ4v) is 2.19. The number of nitrogens with two attached hydrogens (primary N) is 1. The van der Waals surface area contributed by atoms with Crippen LogP contribution in [0, 0.1) is 0 Å². The van der Waals surface area contributed by atoms with Gasteiger partial charge in [0.2, 0.25) is 0 Å². The number of amides is 2. The number of para-hydroxylation sites is 1. The lowest BCUT2D eigenvalue weighted by molar-refractivity contribution is -0.119. The van der Waals surface area contributed by atoms with Gasteiger partial charge in [-0.2, -0.15) is 0 Å². The Labute approximate surface area is 139 Å². The molecule has 0 spiro atoms. The molecular weight excluding hydrogens is 316 g/mol. The number of nitrogens with zero attached hydrogens (tertiary/aromatic N) is 1. The van der Waals surface area contributed by atoms with E-state index >= 15 is 0 Å². The zero-order chi connectivity index (χ0) is 16.8. The van der Waals surface area contributed by atoms with Crippen LogP contribution in [-0.2, 0) is 11.3 Å². The maximum Gasteiger partial charge on any atom is 0.257 e. The highest BCUT2D eigenvalue weighted by Gasteiger charge is 2.17. The predicted molar refractivity (Wildman–Crippen MR) is 88.4 cm³/mol. The third kappa shape index (κ3) is 4.72. The fraction of sp³-hybridized carbons (Fsp3) is 0.176. The van der Waals surface area contributed by atoms with Crippen molar-refractivity contribution in [3.63, 3.8) is 0 Å². The minimum atomic E-state index is -0.596. The maximum absolute atomic E-state index is 12.6. The SMILES string of the molecule is CN(Cc1ccc(Cl)cc1)C(=O)c1ccccc1OCC(N)=O. The fourth-order valence-electron chi connectivity index (χ4n) is 2.06. The molecule has 0 saturated carbocycles. The van der Waals surface area contributed by atoms with E-state index in [1.807, 2.05) is 12.1 Å². The van der Waals surface area contributed by atoms with Crippen molar-refractivity contribution in [2.45, 2.75) is 6.54 Å². The van der Waals surface area contributed by atoms with Crippen molar-refractivity contribution in [3.8, 4) is 5.75 Å². The van der Waals surface area contributed by atoms with Gasteiger partial charge in [-0.1, -0.05) is 35.9 Å². The number of carbonyl (C=O) groups excluding carboxylic acids is 2. The first-order chi connectivity index (χ1) is 11.0. The van der Waals surface area contributed by atoms with Crippen LogP contribution in [0.15, 0.2) is 48.5 Å². The first kappa shape index (κ1) is 16.8. The molecule has 0 aromatic heterocycles. The molecule has 5 nitrogen and oxygen atoms in total. The predicted octanol–water partition coefficient (Wildman–Crippen LogP) is 2.48. The Balaban J connectivity index is 2.12. The van der Waals surface area contributed by atoms with Gasteiger partial charge >= 0.3 is 0 Å². The van der Waals surface area contributed by atoms with Crippen molar-refractivity contribution in [1.82, 2.24) is 4.90 Å². The summed E-state index contributed by atoms with van der Waals surface area (Å²) in [6, 6.07) is 14.0. The molecule has 0 atom stereocenters. The zero-order valence-electron chi connectivity index (χ0n) is 12.7. The standard InChI is InChI=1S/C17H17ClN2O3/c1-20(10-12-6-8-13(18)9-7-12)17(22)14-4-2-3-5-15(14)23-11-16(19)21/h2-9H,10-11H2,1H3,(H2,19,21). The van der Waals surface area contributed by atoms with E-state index in [4.69, 9.17) is 22.1 Å². The lowest BCUT2D eigenvalue weighted by Gasteiger charge is -2.19. The van der Waals surface area contributed by atoms with Crippen LogP contribution in [0.3, 0.4) is 0 Å². The number of rotatable bonds is 6. The van der Waals surface area contributed by atoms with Gasteiger partial charge < -0.3 is 15.4 Å². The number of hydrogen-bond donors (Lipinski definition) is 1. The lowest BCUT2D eigenvalue weighted by atomic mass is 10.1. The van der Waals surface area contributed by atoms with Crippen molar-refractivity contribution in [2.24, 2.45) is 5.73 Å². The minimum absolute atomic E-state index is 0.208. The summed E-state index contributed by atoms with van der Waals surface area (Å²) in [5, 5.41) is 0.646. The van der Waals surface area contributed by atoms with E-state index in [-0.39, 0.29) is 12.5 Å². The van der Waals surface area contributed by atoms with Crippen LogP contribution >= 0.6 is 11.6 Å². The van der Waals surface area contributed by atoms with Crippen LogP contribution < -0.4 is 10.5 Å².